The Labute approximate surface area is 144 Å². The summed E-state index contributed by atoms with van der Waals surface area (Å²) < 4.78 is 9.62. The van der Waals surface area contributed by atoms with E-state index in [2.05, 4.69) is 15.0 Å². The van der Waals surface area contributed by atoms with Gasteiger partial charge in [0, 0.05) is 17.5 Å². The molecule has 7 nitrogen and oxygen atoms in total. The highest BCUT2D eigenvalue weighted by Crippen LogP contribution is 2.18. The van der Waals surface area contributed by atoms with Crippen molar-refractivity contribution in [2.75, 3.05) is 26.0 Å². The molecule has 0 aliphatic heterocycles. The molecule has 0 saturated carbocycles. The van der Waals surface area contributed by atoms with Crippen LogP contribution in [0.2, 0.25) is 0 Å². The van der Waals surface area contributed by atoms with Gasteiger partial charge < -0.3 is 14.4 Å². The Morgan fingerprint density at radius 3 is 2.58 bits per heavy atom. The number of nitrogens with zero attached hydrogens (tertiary/aromatic N) is 2. The predicted molar refractivity (Wildman–Crippen MR) is 91.6 cm³/mol. The number of nitrogens with one attached hydrogen (secondary N) is 1. The van der Waals surface area contributed by atoms with Crippen molar-refractivity contribution < 1.29 is 19.1 Å². The van der Waals surface area contributed by atoms with Crippen LogP contribution in [0.3, 0.4) is 0 Å². The lowest BCUT2D eigenvalue weighted by Gasteiger charge is -2.06. The number of hydrogen-bond donors (Lipinski definition) is 1. The molecule has 1 amide bonds. The number of thiazole rings is 1. The van der Waals surface area contributed by atoms with E-state index < -0.39 is 6.16 Å². The predicted octanol–water partition coefficient (Wildman–Crippen LogP) is 2.99. The highest BCUT2D eigenvalue weighted by molar-refractivity contribution is 7.13. The molecule has 0 aliphatic rings. The maximum atomic E-state index is 12.2. The molecule has 2 rings (SSSR count). The number of amides is 1. The lowest BCUT2D eigenvalue weighted by Crippen LogP contribution is -2.13. The topological polar surface area (TPSA) is 80.8 Å². The first-order chi connectivity index (χ1) is 11.5. The van der Waals surface area contributed by atoms with Crippen LogP contribution in [0.4, 0.5) is 9.93 Å². The monoisotopic (exact) mass is 349 g/mol. The number of aromatic nitrogens is 1. The fraction of sp³-hybridized carbons (Fsp3) is 0.312. The molecular formula is C16H19N3O4S. The molecule has 0 radical (unpaired) electrons. The van der Waals surface area contributed by atoms with Gasteiger partial charge in [-0.05, 0) is 45.3 Å². The van der Waals surface area contributed by atoms with Crippen LogP contribution < -0.4 is 10.1 Å². The molecule has 8 heteroatoms. The van der Waals surface area contributed by atoms with E-state index in [4.69, 9.17) is 4.74 Å². The summed E-state index contributed by atoms with van der Waals surface area (Å²) >= 11 is 1.38. The number of anilines is 1. The van der Waals surface area contributed by atoms with Crippen molar-refractivity contribution in [2.24, 2.45) is 0 Å². The van der Waals surface area contributed by atoms with Crippen LogP contribution in [0.5, 0.6) is 5.75 Å². The Morgan fingerprint density at radius 2 is 1.96 bits per heavy atom. The number of carbonyl (C=O) groups is 2. The maximum absolute atomic E-state index is 12.2. The van der Waals surface area contributed by atoms with Crippen molar-refractivity contribution in [2.45, 2.75) is 13.5 Å². The minimum atomic E-state index is -0.772. The van der Waals surface area contributed by atoms with Gasteiger partial charge in [-0.15, -0.1) is 11.3 Å². The lowest BCUT2D eigenvalue weighted by molar-refractivity contribution is 0.102. The third kappa shape index (κ3) is 5.32. The van der Waals surface area contributed by atoms with E-state index in [9.17, 15) is 9.59 Å². The molecule has 0 fully saturated rings. The first-order valence-electron chi connectivity index (χ1n) is 7.33. The molecule has 0 aliphatic carbocycles. The molecule has 0 atom stereocenters. The van der Waals surface area contributed by atoms with Crippen molar-refractivity contribution in [3.63, 3.8) is 0 Å². The zero-order valence-electron chi connectivity index (χ0n) is 13.7. The lowest BCUT2D eigenvalue weighted by atomic mass is 10.2. The van der Waals surface area contributed by atoms with E-state index in [1.807, 2.05) is 24.4 Å². The van der Waals surface area contributed by atoms with Gasteiger partial charge in [0.15, 0.2) is 5.13 Å². The average molecular weight is 349 g/mol. The van der Waals surface area contributed by atoms with Crippen molar-refractivity contribution in [3.8, 4) is 5.75 Å². The second kappa shape index (κ2) is 8.42. The fourth-order valence-corrected chi connectivity index (χ4v) is 2.54. The fourth-order valence-electron chi connectivity index (χ4n) is 1.85. The summed E-state index contributed by atoms with van der Waals surface area (Å²) in [4.78, 5) is 29.8. The van der Waals surface area contributed by atoms with Crippen LogP contribution in [0.25, 0.3) is 0 Å². The molecule has 1 N–H and O–H groups in total. The van der Waals surface area contributed by atoms with Crippen molar-refractivity contribution >= 4 is 28.5 Å². The van der Waals surface area contributed by atoms with Gasteiger partial charge in [0.1, 0.15) is 5.75 Å². The molecule has 0 unspecified atom stereocenters. The zero-order valence-corrected chi connectivity index (χ0v) is 14.6. The molecule has 0 spiro atoms. The van der Waals surface area contributed by atoms with Crippen LogP contribution >= 0.6 is 11.3 Å². The van der Waals surface area contributed by atoms with E-state index in [0.29, 0.717) is 23.0 Å². The third-order valence-electron chi connectivity index (χ3n) is 2.83. The highest BCUT2D eigenvalue weighted by Gasteiger charge is 2.11. The van der Waals surface area contributed by atoms with Gasteiger partial charge in [0.05, 0.1) is 12.3 Å². The second-order valence-corrected chi connectivity index (χ2v) is 6.00. The van der Waals surface area contributed by atoms with Crippen LogP contribution in [0.15, 0.2) is 29.6 Å². The largest absolute Gasteiger partial charge is 0.513 e. The summed E-state index contributed by atoms with van der Waals surface area (Å²) in [6.07, 6.45) is -0.772. The van der Waals surface area contributed by atoms with E-state index in [1.165, 1.54) is 23.5 Å². The standard InChI is InChI=1S/C16H19N3O4S/c1-4-22-16(21)23-13-7-5-11(6-8-13)14(20)18-15-17-12(10-24-15)9-19(2)3/h5-8,10H,4,9H2,1-3H3,(H,17,18,20). The maximum Gasteiger partial charge on any atom is 0.513 e. The summed E-state index contributed by atoms with van der Waals surface area (Å²) in [5.41, 5.74) is 1.34. The quantitative estimate of drug-likeness (QED) is 0.638. The Morgan fingerprint density at radius 1 is 1.25 bits per heavy atom. The Hall–Kier alpha value is -2.45. The van der Waals surface area contributed by atoms with Crippen LogP contribution in [-0.4, -0.2) is 42.6 Å². The normalized spacial score (nSPS) is 10.5. The van der Waals surface area contributed by atoms with Gasteiger partial charge >= 0.3 is 6.16 Å². The second-order valence-electron chi connectivity index (χ2n) is 5.15. The van der Waals surface area contributed by atoms with Crippen LogP contribution in [0, 0.1) is 0 Å². The van der Waals surface area contributed by atoms with Crippen molar-refractivity contribution in [3.05, 3.63) is 40.9 Å². The van der Waals surface area contributed by atoms with Gasteiger partial charge in [-0.2, -0.15) is 0 Å². The van der Waals surface area contributed by atoms with E-state index in [0.717, 1.165) is 5.69 Å². The Kier molecular flexibility index (Phi) is 6.28. The molecule has 1 aromatic carbocycles. The first kappa shape index (κ1) is 17.9. The Balaban J connectivity index is 1.95. The first-order valence-corrected chi connectivity index (χ1v) is 8.21. The molecule has 1 aromatic heterocycles. The molecule has 0 saturated heterocycles. The number of carbonyl (C=O) groups excluding carboxylic acids is 2. The zero-order chi connectivity index (χ0) is 17.5. The molecule has 0 bridgehead atoms. The SMILES string of the molecule is CCOC(=O)Oc1ccc(C(=O)Nc2nc(CN(C)C)cs2)cc1. The molecule has 1 heterocycles. The Bertz CT molecular complexity index is 698. The average Bonchev–Trinajstić information content (AvgIpc) is 2.94. The van der Waals surface area contributed by atoms with E-state index in [1.54, 1.807) is 19.1 Å². The molecule has 128 valence electrons. The van der Waals surface area contributed by atoms with Gasteiger partial charge in [-0.25, -0.2) is 9.78 Å². The molecule has 2 aromatic rings. The highest BCUT2D eigenvalue weighted by atomic mass is 32.1. The number of rotatable bonds is 6. The van der Waals surface area contributed by atoms with Gasteiger partial charge in [0.25, 0.3) is 5.91 Å². The van der Waals surface area contributed by atoms with Gasteiger partial charge in [-0.1, -0.05) is 0 Å². The molecule has 24 heavy (non-hydrogen) atoms. The van der Waals surface area contributed by atoms with Crippen molar-refractivity contribution in [1.82, 2.24) is 9.88 Å². The summed E-state index contributed by atoms with van der Waals surface area (Å²) in [5.74, 6) is 0.0379. The molecular weight excluding hydrogens is 330 g/mol. The smallest absolute Gasteiger partial charge is 0.434 e. The summed E-state index contributed by atoms with van der Waals surface area (Å²) in [6, 6.07) is 6.20. The summed E-state index contributed by atoms with van der Waals surface area (Å²) in [7, 11) is 3.91. The van der Waals surface area contributed by atoms with E-state index >= 15 is 0 Å². The van der Waals surface area contributed by atoms with Gasteiger partial charge in [-0.3, -0.25) is 10.1 Å². The number of hydrogen-bond acceptors (Lipinski definition) is 7. The summed E-state index contributed by atoms with van der Waals surface area (Å²) in [6.45, 7) is 2.65. The number of ether oxygens (including phenoxy) is 2. The summed E-state index contributed by atoms with van der Waals surface area (Å²) in [5, 5.41) is 5.20. The van der Waals surface area contributed by atoms with E-state index in [-0.39, 0.29) is 12.5 Å². The van der Waals surface area contributed by atoms with Crippen LogP contribution in [-0.2, 0) is 11.3 Å². The third-order valence-corrected chi connectivity index (χ3v) is 3.64. The van der Waals surface area contributed by atoms with Crippen LogP contribution in [0.1, 0.15) is 23.0 Å². The van der Waals surface area contributed by atoms with Crippen molar-refractivity contribution in [1.29, 1.82) is 0 Å². The van der Waals surface area contributed by atoms with Gasteiger partial charge in [0.2, 0.25) is 0 Å². The minimum Gasteiger partial charge on any atom is -0.434 e. The minimum absolute atomic E-state index is 0.239. The number of benzene rings is 1.